The van der Waals surface area contributed by atoms with Gasteiger partial charge in [0.15, 0.2) is 0 Å². The molecule has 1 N–H and O–H groups in total. The van der Waals surface area contributed by atoms with Crippen molar-refractivity contribution >= 4 is 39.7 Å². The molecule has 168 valence electrons. The minimum atomic E-state index is -0.484. The minimum Gasteiger partial charge on any atom is -0.462 e. The summed E-state index contributed by atoms with van der Waals surface area (Å²) in [5, 5.41) is 8.26. The maximum atomic E-state index is 13.0. The molecule has 33 heavy (non-hydrogen) atoms. The molecular weight excluding hydrogens is 438 g/mol. The quantitative estimate of drug-likeness (QED) is 0.432. The lowest BCUT2D eigenvalue weighted by molar-refractivity contribution is -0.115. The molecule has 0 atom stereocenters. The van der Waals surface area contributed by atoms with Crippen LogP contribution in [0.3, 0.4) is 0 Å². The first-order valence-corrected chi connectivity index (χ1v) is 11.3. The fourth-order valence-electron chi connectivity index (χ4n) is 3.55. The number of nitrogens with one attached hydrogen (secondary N) is 1. The van der Waals surface area contributed by atoms with Crippen molar-refractivity contribution in [3.05, 3.63) is 81.1 Å². The molecule has 0 radical (unpaired) electrons. The Hall–Kier alpha value is -3.78. The Morgan fingerprint density at radius 3 is 2.48 bits per heavy atom. The Morgan fingerprint density at radius 2 is 1.79 bits per heavy atom. The van der Waals surface area contributed by atoms with Crippen LogP contribution >= 0.6 is 11.3 Å². The Labute approximate surface area is 194 Å². The number of carbonyl (C=O) groups excluding carboxylic acids is 2. The number of fused-ring (bicyclic) bond motifs is 1. The van der Waals surface area contributed by atoms with E-state index in [1.807, 2.05) is 31.2 Å². The number of amides is 1. The number of aromatic nitrogens is 2. The van der Waals surface area contributed by atoms with Crippen LogP contribution in [0.1, 0.15) is 27.9 Å². The van der Waals surface area contributed by atoms with E-state index in [-0.39, 0.29) is 24.5 Å². The molecule has 4 rings (SSSR count). The first-order valence-electron chi connectivity index (χ1n) is 10.5. The summed E-state index contributed by atoms with van der Waals surface area (Å²) >= 11 is 1.27. The van der Waals surface area contributed by atoms with E-state index in [2.05, 4.69) is 10.4 Å². The molecule has 0 unspecified atom stereocenters. The highest BCUT2D eigenvalue weighted by Crippen LogP contribution is 2.35. The van der Waals surface area contributed by atoms with Crippen LogP contribution in [0.4, 0.5) is 5.69 Å². The number of hydrogen-bond donors (Lipinski definition) is 1. The summed E-state index contributed by atoms with van der Waals surface area (Å²) < 4.78 is 6.42. The molecule has 0 aliphatic carbocycles. The van der Waals surface area contributed by atoms with Gasteiger partial charge in [-0.2, -0.15) is 5.10 Å². The van der Waals surface area contributed by atoms with Crippen molar-refractivity contribution < 1.29 is 14.3 Å². The first-order chi connectivity index (χ1) is 15.9. The molecule has 0 spiro atoms. The summed E-state index contributed by atoms with van der Waals surface area (Å²) in [5.41, 5.74) is 2.73. The number of hydrogen-bond acceptors (Lipinski definition) is 6. The highest BCUT2D eigenvalue weighted by molar-refractivity contribution is 7.18. The van der Waals surface area contributed by atoms with Crippen LogP contribution in [0.15, 0.2) is 59.4 Å². The van der Waals surface area contributed by atoms with Gasteiger partial charge in [0.05, 0.1) is 29.8 Å². The molecule has 0 fully saturated rings. The van der Waals surface area contributed by atoms with Crippen LogP contribution in [0.5, 0.6) is 0 Å². The third-order valence-corrected chi connectivity index (χ3v) is 6.33. The van der Waals surface area contributed by atoms with Gasteiger partial charge >= 0.3 is 5.97 Å². The van der Waals surface area contributed by atoms with E-state index in [0.717, 1.165) is 16.0 Å². The van der Waals surface area contributed by atoms with E-state index in [4.69, 9.17) is 4.74 Å². The largest absolute Gasteiger partial charge is 0.462 e. The lowest BCUT2D eigenvalue weighted by atomic mass is 10.1. The van der Waals surface area contributed by atoms with Crippen molar-refractivity contribution in [1.82, 2.24) is 9.78 Å². The zero-order chi connectivity index (χ0) is 23.5. The van der Waals surface area contributed by atoms with Gasteiger partial charge in [-0.3, -0.25) is 9.59 Å². The lowest BCUT2D eigenvalue weighted by Gasteiger charge is -2.09. The van der Waals surface area contributed by atoms with Crippen LogP contribution in [-0.2, 0) is 23.0 Å². The maximum absolute atomic E-state index is 13.0. The van der Waals surface area contributed by atoms with Gasteiger partial charge in [0.25, 0.3) is 5.56 Å². The Bertz CT molecular complexity index is 1400. The van der Waals surface area contributed by atoms with Gasteiger partial charge in [0.1, 0.15) is 4.88 Å². The first kappa shape index (κ1) is 22.4. The van der Waals surface area contributed by atoms with E-state index in [1.165, 1.54) is 16.0 Å². The van der Waals surface area contributed by atoms with Gasteiger partial charge in [0.2, 0.25) is 5.91 Å². The van der Waals surface area contributed by atoms with Crippen LogP contribution in [0.25, 0.3) is 21.2 Å². The zero-order valence-corrected chi connectivity index (χ0v) is 19.4. The molecule has 8 heteroatoms. The fraction of sp³-hybridized carbons (Fsp3) is 0.200. The Kier molecular flexibility index (Phi) is 6.37. The van der Waals surface area contributed by atoms with Crippen molar-refractivity contribution in [1.29, 1.82) is 0 Å². The van der Waals surface area contributed by atoms with E-state index in [1.54, 1.807) is 44.3 Å². The second-order valence-corrected chi connectivity index (χ2v) is 8.64. The van der Waals surface area contributed by atoms with Crippen LogP contribution in [0.2, 0.25) is 0 Å². The minimum absolute atomic E-state index is 0.0490. The predicted octanol–water partition coefficient (Wildman–Crippen LogP) is 4.33. The third kappa shape index (κ3) is 4.70. The standard InChI is InChI=1S/C25H23N3O4S/c1-4-32-25(31)23-20(13-21(33-23)16-11-9-15(2)10-12-16)26-22(29)14-19-17-7-5-6-8-18(17)24(30)28(3)27-19/h5-13H,4,14H2,1-3H3,(H,26,29). The van der Waals surface area contributed by atoms with E-state index in [9.17, 15) is 14.4 Å². The van der Waals surface area contributed by atoms with Crippen LogP contribution < -0.4 is 10.9 Å². The molecule has 4 aromatic rings. The average Bonchev–Trinajstić information content (AvgIpc) is 3.21. The van der Waals surface area contributed by atoms with Crippen molar-refractivity contribution in [2.45, 2.75) is 20.3 Å². The summed E-state index contributed by atoms with van der Waals surface area (Å²) in [6, 6.07) is 16.8. The number of carbonyl (C=O) groups is 2. The van der Waals surface area contributed by atoms with Gasteiger partial charge in [0, 0.05) is 17.3 Å². The van der Waals surface area contributed by atoms with E-state index in [0.29, 0.717) is 27.0 Å². The normalized spacial score (nSPS) is 10.9. The molecule has 2 aromatic carbocycles. The molecule has 2 aromatic heterocycles. The van der Waals surface area contributed by atoms with Crippen LogP contribution in [0, 0.1) is 6.92 Å². The highest BCUT2D eigenvalue weighted by Gasteiger charge is 2.21. The summed E-state index contributed by atoms with van der Waals surface area (Å²) in [7, 11) is 1.56. The topological polar surface area (TPSA) is 90.3 Å². The average molecular weight is 462 g/mol. The number of thiophene rings is 1. The summed E-state index contributed by atoms with van der Waals surface area (Å²) in [5.74, 6) is -0.827. The molecule has 0 aliphatic rings. The highest BCUT2D eigenvalue weighted by atomic mass is 32.1. The van der Waals surface area contributed by atoms with Crippen molar-refractivity contribution in [2.75, 3.05) is 11.9 Å². The van der Waals surface area contributed by atoms with Gasteiger partial charge in [-0.25, -0.2) is 9.48 Å². The van der Waals surface area contributed by atoms with E-state index >= 15 is 0 Å². The maximum Gasteiger partial charge on any atom is 0.350 e. The number of ether oxygens (including phenoxy) is 1. The number of aryl methyl sites for hydroxylation is 2. The number of nitrogens with zero attached hydrogens (tertiary/aromatic N) is 2. The van der Waals surface area contributed by atoms with Gasteiger partial charge in [-0.05, 0) is 31.5 Å². The molecule has 1 amide bonds. The fourth-order valence-corrected chi connectivity index (χ4v) is 4.56. The molecule has 0 bridgehead atoms. The summed E-state index contributed by atoms with van der Waals surface area (Å²) in [6.45, 7) is 3.98. The van der Waals surface area contributed by atoms with Crippen LogP contribution in [-0.4, -0.2) is 28.3 Å². The predicted molar refractivity (Wildman–Crippen MR) is 130 cm³/mol. The molecule has 2 heterocycles. The Balaban J connectivity index is 1.66. The van der Waals surface area contributed by atoms with Gasteiger partial charge in [-0.15, -0.1) is 11.3 Å². The second-order valence-electron chi connectivity index (χ2n) is 7.59. The number of rotatable bonds is 6. The van der Waals surface area contributed by atoms with E-state index < -0.39 is 5.97 Å². The smallest absolute Gasteiger partial charge is 0.350 e. The van der Waals surface area contributed by atoms with Gasteiger partial charge in [-0.1, -0.05) is 48.0 Å². The van der Waals surface area contributed by atoms with Crippen molar-refractivity contribution in [2.24, 2.45) is 7.05 Å². The molecule has 7 nitrogen and oxygen atoms in total. The third-order valence-electron chi connectivity index (χ3n) is 5.16. The molecule has 0 aliphatic heterocycles. The monoisotopic (exact) mass is 461 g/mol. The SMILES string of the molecule is CCOC(=O)c1sc(-c2ccc(C)cc2)cc1NC(=O)Cc1nn(C)c(=O)c2ccccc12. The molecule has 0 saturated carbocycles. The number of esters is 1. The Morgan fingerprint density at radius 1 is 1.09 bits per heavy atom. The number of benzene rings is 2. The lowest BCUT2D eigenvalue weighted by Crippen LogP contribution is -2.24. The summed E-state index contributed by atoms with van der Waals surface area (Å²) in [6.07, 6.45) is -0.0490. The molecule has 0 saturated heterocycles. The zero-order valence-electron chi connectivity index (χ0n) is 18.5. The number of anilines is 1. The summed E-state index contributed by atoms with van der Waals surface area (Å²) in [4.78, 5) is 39.0. The second kappa shape index (κ2) is 9.38. The van der Waals surface area contributed by atoms with Gasteiger partial charge < -0.3 is 10.1 Å². The molecular formula is C25H23N3O4S. The van der Waals surface area contributed by atoms with Crippen molar-refractivity contribution in [3.8, 4) is 10.4 Å². The van der Waals surface area contributed by atoms with Crippen molar-refractivity contribution in [3.63, 3.8) is 0 Å².